The molecule has 1 aliphatic heterocycles. The average Bonchev–Trinajstić information content (AvgIpc) is 2.92. The number of thioether (sulfide) groups is 1. The molecular formula is C12H18N2O3S3. The fraction of sp³-hybridized carbons (Fsp3) is 0.583. The lowest BCUT2D eigenvalue weighted by molar-refractivity contribution is -0.120. The van der Waals surface area contributed by atoms with Crippen LogP contribution < -0.4 is 5.32 Å². The predicted molar refractivity (Wildman–Crippen MR) is 83.7 cm³/mol. The first-order valence-electron chi connectivity index (χ1n) is 6.42. The standard InChI is InChI=1S/C12H18N2O3S3/c15-12(10-11-2-1-6-19-11)13-3-9-20(16,17)14-4-7-18-8-5-14/h1-2,6H,3-5,7-10H2,(H,13,15). The molecule has 20 heavy (non-hydrogen) atoms. The van der Waals surface area contributed by atoms with Gasteiger partial charge in [0, 0.05) is 36.0 Å². The molecule has 0 radical (unpaired) electrons. The van der Waals surface area contributed by atoms with Crippen LogP contribution in [0.5, 0.6) is 0 Å². The molecule has 0 atom stereocenters. The van der Waals surface area contributed by atoms with Crippen molar-refractivity contribution >= 4 is 39.0 Å². The van der Waals surface area contributed by atoms with E-state index >= 15 is 0 Å². The molecule has 0 saturated carbocycles. The van der Waals surface area contributed by atoms with Crippen LogP contribution in [0.3, 0.4) is 0 Å². The summed E-state index contributed by atoms with van der Waals surface area (Å²) in [5, 5.41) is 4.59. The number of carbonyl (C=O) groups is 1. The van der Waals surface area contributed by atoms with Gasteiger partial charge in [-0.05, 0) is 11.4 Å². The summed E-state index contributed by atoms with van der Waals surface area (Å²) in [7, 11) is -3.23. The number of rotatable bonds is 6. The van der Waals surface area contributed by atoms with Crippen LogP contribution in [0, 0.1) is 0 Å². The maximum Gasteiger partial charge on any atom is 0.225 e. The van der Waals surface area contributed by atoms with E-state index in [0.717, 1.165) is 16.4 Å². The van der Waals surface area contributed by atoms with Crippen LogP contribution in [-0.4, -0.2) is 55.5 Å². The minimum atomic E-state index is -3.23. The van der Waals surface area contributed by atoms with Gasteiger partial charge in [0.15, 0.2) is 0 Å². The fourth-order valence-electron chi connectivity index (χ4n) is 1.91. The van der Waals surface area contributed by atoms with E-state index in [1.54, 1.807) is 11.8 Å². The summed E-state index contributed by atoms with van der Waals surface area (Å²) < 4.78 is 25.6. The minimum absolute atomic E-state index is 0.0200. The summed E-state index contributed by atoms with van der Waals surface area (Å²) in [5.41, 5.74) is 0. The lowest BCUT2D eigenvalue weighted by Crippen LogP contribution is -2.42. The molecular weight excluding hydrogens is 316 g/mol. The third-order valence-corrected chi connectivity index (χ3v) is 6.65. The maximum absolute atomic E-state index is 12.1. The van der Waals surface area contributed by atoms with Crippen LogP contribution in [0.25, 0.3) is 0 Å². The second-order valence-corrected chi connectivity index (χ2v) is 8.78. The van der Waals surface area contributed by atoms with E-state index in [0.29, 0.717) is 19.5 Å². The number of sulfonamides is 1. The Hall–Kier alpha value is -0.570. The SMILES string of the molecule is O=C(Cc1cccs1)NCCS(=O)(=O)N1CCSCC1. The molecule has 1 aromatic heterocycles. The van der Waals surface area contributed by atoms with Crippen molar-refractivity contribution in [2.75, 3.05) is 36.9 Å². The van der Waals surface area contributed by atoms with Gasteiger partial charge in [-0.3, -0.25) is 4.79 Å². The van der Waals surface area contributed by atoms with E-state index in [9.17, 15) is 13.2 Å². The van der Waals surface area contributed by atoms with Crippen molar-refractivity contribution < 1.29 is 13.2 Å². The zero-order valence-electron chi connectivity index (χ0n) is 11.1. The van der Waals surface area contributed by atoms with E-state index in [2.05, 4.69) is 5.32 Å². The van der Waals surface area contributed by atoms with E-state index in [1.807, 2.05) is 17.5 Å². The Labute approximate surface area is 127 Å². The van der Waals surface area contributed by atoms with Gasteiger partial charge in [0.25, 0.3) is 0 Å². The first kappa shape index (κ1) is 15.8. The minimum Gasteiger partial charge on any atom is -0.355 e. The van der Waals surface area contributed by atoms with E-state index in [-0.39, 0.29) is 18.2 Å². The number of amides is 1. The van der Waals surface area contributed by atoms with Crippen molar-refractivity contribution in [3.8, 4) is 0 Å². The fourth-order valence-corrected chi connectivity index (χ4v) is 5.10. The molecule has 1 aromatic rings. The molecule has 0 bridgehead atoms. The summed E-state index contributed by atoms with van der Waals surface area (Å²) in [6, 6.07) is 3.79. The summed E-state index contributed by atoms with van der Waals surface area (Å²) in [6.07, 6.45) is 0.318. The van der Waals surface area contributed by atoms with Crippen molar-refractivity contribution in [2.24, 2.45) is 0 Å². The molecule has 0 aliphatic carbocycles. The monoisotopic (exact) mass is 334 g/mol. The highest BCUT2D eigenvalue weighted by Crippen LogP contribution is 2.13. The van der Waals surface area contributed by atoms with Crippen molar-refractivity contribution in [3.63, 3.8) is 0 Å². The third-order valence-electron chi connectivity index (χ3n) is 2.96. The predicted octanol–water partition coefficient (Wildman–Crippen LogP) is 0.785. The molecule has 0 unspecified atom stereocenters. The van der Waals surface area contributed by atoms with Gasteiger partial charge in [-0.25, -0.2) is 12.7 Å². The molecule has 0 spiro atoms. The van der Waals surface area contributed by atoms with Gasteiger partial charge >= 0.3 is 0 Å². The second kappa shape index (κ2) is 7.44. The molecule has 2 heterocycles. The Bertz CT molecular complexity index is 522. The van der Waals surface area contributed by atoms with Gasteiger partial charge in [0.1, 0.15) is 0 Å². The molecule has 1 N–H and O–H groups in total. The Morgan fingerprint density at radius 3 is 2.75 bits per heavy atom. The summed E-state index contributed by atoms with van der Waals surface area (Å²) in [6.45, 7) is 1.34. The number of hydrogen-bond donors (Lipinski definition) is 1. The quantitative estimate of drug-likeness (QED) is 0.835. The Balaban J connectivity index is 1.73. The molecule has 8 heteroatoms. The maximum atomic E-state index is 12.1. The van der Waals surface area contributed by atoms with Gasteiger partial charge in [0.05, 0.1) is 12.2 Å². The highest BCUT2D eigenvalue weighted by molar-refractivity contribution is 7.99. The molecule has 2 rings (SSSR count). The second-order valence-electron chi connectivity index (χ2n) is 4.43. The van der Waals surface area contributed by atoms with Gasteiger partial charge in [-0.1, -0.05) is 6.07 Å². The first-order chi connectivity index (χ1) is 9.58. The average molecular weight is 334 g/mol. The smallest absolute Gasteiger partial charge is 0.225 e. The number of carbonyl (C=O) groups excluding carboxylic acids is 1. The van der Waals surface area contributed by atoms with Crippen LogP contribution in [0.2, 0.25) is 0 Å². The Kier molecular flexibility index (Phi) is 5.88. The summed E-state index contributed by atoms with van der Waals surface area (Å²) in [5.74, 6) is 1.55. The van der Waals surface area contributed by atoms with Gasteiger partial charge in [-0.15, -0.1) is 11.3 Å². The number of thiophene rings is 1. The zero-order valence-corrected chi connectivity index (χ0v) is 13.5. The summed E-state index contributed by atoms with van der Waals surface area (Å²) >= 11 is 3.29. The Morgan fingerprint density at radius 2 is 2.10 bits per heavy atom. The van der Waals surface area contributed by atoms with Gasteiger partial charge in [-0.2, -0.15) is 11.8 Å². The van der Waals surface area contributed by atoms with Gasteiger partial charge in [0.2, 0.25) is 15.9 Å². The Morgan fingerprint density at radius 1 is 1.35 bits per heavy atom. The molecule has 1 aliphatic rings. The third kappa shape index (κ3) is 4.76. The van der Waals surface area contributed by atoms with E-state index in [4.69, 9.17) is 0 Å². The van der Waals surface area contributed by atoms with E-state index < -0.39 is 10.0 Å². The van der Waals surface area contributed by atoms with Crippen molar-refractivity contribution in [1.29, 1.82) is 0 Å². The highest BCUT2D eigenvalue weighted by Gasteiger charge is 2.23. The molecule has 0 aromatic carbocycles. The number of nitrogens with zero attached hydrogens (tertiary/aromatic N) is 1. The van der Waals surface area contributed by atoms with Crippen LogP contribution in [0.1, 0.15) is 4.88 Å². The lowest BCUT2D eigenvalue weighted by Gasteiger charge is -2.25. The number of hydrogen-bond acceptors (Lipinski definition) is 5. The van der Waals surface area contributed by atoms with E-state index in [1.165, 1.54) is 15.6 Å². The normalized spacial score (nSPS) is 17.0. The van der Waals surface area contributed by atoms with Crippen molar-refractivity contribution in [1.82, 2.24) is 9.62 Å². The topological polar surface area (TPSA) is 66.5 Å². The molecule has 112 valence electrons. The largest absolute Gasteiger partial charge is 0.355 e. The highest BCUT2D eigenvalue weighted by atomic mass is 32.2. The first-order valence-corrected chi connectivity index (χ1v) is 10.1. The van der Waals surface area contributed by atoms with Crippen molar-refractivity contribution in [2.45, 2.75) is 6.42 Å². The summed E-state index contributed by atoms with van der Waals surface area (Å²) in [4.78, 5) is 12.6. The number of nitrogens with one attached hydrogen (secondary N) is 1. The zero-order chi connectivity index (χ0) is 14.4. The molecule has 1 saturated heterocycles. The van der Waals surface area contributed by atoms with Gasteiger partial charge < -0.3 is 5.32 Å². The van der Waals surface area contributed by atoms with Crippen molar-refractivity contribution in [3.05, 3.63) is 22.4 Å². The van der Waals surface area contributed by atoms with Crippen LogP contribution >= 0.6 is 23.1 Å². The molecule has 1 fully saturated rings. The van der Waals surface area contributed by atoms with Crippen LogP contribution in [0.4, 0.5) is 0 Å². The lowest BCUT2D eigenvalue weighted by atomic mass is 10.3. The molecule has 5 nitrogen and oxygen atoms in total. The molecule has 1 amide bonds. The van der Waals surface area contributed by atoms with Crippen LogP contribution in [-0.2, 0) is 21.2 Å². The van der Waals surface area contributed by atoms with Crippen LogP contribution in [0.15, 0.2) is 17.5 Å².